The second-order valence-electron chi connectivity index (χ2n) is 6.73. The fourth-order valence-corrected chi connectivity index (χ4v) is 3.44. The Labute approximate surface area is 189 Å². The Morgan fingerprint density at radius 3 is 2.32 bits per heavy atom. The maximum atomic E-state index is 12.6. The molecule has 0 radical (unpaired) electrons. The van der Waals surface area contributed by atoms with Crippen LogP contribution in [0.5, 0.6) is 11.5 Å². The van der Waals surface area contributed by atoms with Crippen LogP contribution in [0.1, 0.15) is 15.9 Å². The minimum absolute atomic E-state index is 0.214. The van der Waals surface area contributed by atoms with E-state index < -0.39 is 0 Å². The Balaban J connectivity index is 1.43. The summed E-state index contributed by atoms with van der Waals surface area (Å²) in [4.78, 5) is 12.6. The maximum absolute atomic E-state index is 12.6. The molecule has 7 heteroatoms. The summed E-state index contributed by atoms with van der Waals surface area (Å²) in [6.07, 6.45) is 1.65. The van der Waals surface area contributed by atoms with Gasteiger partial charge in [0.15, 0.2) is 0 Å². The normalized spacial score (nSPS) is 10.7. The standard InChI is InChI=1S/C24H18Cl2N2O3/c1-30-20-8-5-17(6-9-20)24(29)28-13-12-23(27-28)16-3-10-21(11-4-16)31-15-18-2-7-19(25)14-22(18)26/h2-14H,15H2,1H3. The molecular weight excluding hydrogens is 435 g/mol. The van der Waals surface area contributed by atoms with Crippen LogP contribution in [0.2, 0.25) is 10.0 Å². The van der Waals surface area contributed by atoms with Gasteiger partial charge >= 0.3 is 0 Å². The van der Waals surface area contributed by atoms with Gasteiger partial charge in [0.1, 0.15) is 18.1 Å². The number of carbonyl (C=O) groups excluding carboxylic acids is 1. The van der Waals surface area contributed by atoms with Crippen molar-refractivity contribution >= 4 is 29.1 Å². The van der Waals surface area contributed by atoms with E-state index in [9.17, 15) is 4.79 Å². The van der Waals surface area contributed by atoms with Gasteiger partial charge in [0, 0.05) is 32.9 Å². The summed E-state index contributed by atoms with van der Waals surface area (Å²) in [5.41, 5.74) is 2.94. The molecule has 1 heterocycles. The van der Waals surface area contributed by atoms with Gasteiger partial charge in [0.05, 0.1) is 12.8 Å². The highest BCUT2D eigenvalue weighted by molar-refractivity contribution is 6.35. The van der Waals surface area contributed by atoms with Crippen LogP contribution in [0.4, 0.5) is 0 Å². The molecule has 0 saturated heterocycles. The summed E-state index contributed by atoms with van der Waals surface area (Å²) >= 11 is 12.1. The predicted octanol–water partition coefficient (Wildman–Crippen LogP) is 6.13. The molecule has 4 rings (SSSR count). The van der Waals surface area contributed by atoms with Crippen LogP contribution in [-0.4, -0.2) is 22.8 Å². The van der Waals surface area contributed by atoms with E-state index in [0.717, 1.165) is 11.1 Å². The second kappa shape index (κ2) is 9.25. The molecule has 0 aliphatic heterocycles. The first-order chi connectivity index (χ1) is 15.0. The molecule has 0 aliphatic carbocycles. The highest BCUT2D eigenvalue weighted by Crippen LogP contribution is 2.25. The number of rotatable bonds is 6. The van der Waals surface area contributed by atoms with Crippen LogP contribution >= 0.6 is 23.2 Å². The first-order valence-electron chi connectivity index (χ1n) is 9.45. The highest BCUT2D eigenvalue weighted by Gasteiger charge is 2.12. The second-order valence-corrected chi connectivity index (χ2v) is 7.57. The van der Waals surface area contributed by atoms with E-state index in [1.165, 1.54) is 4.68 Å². The van der Waals surface area contributed by atoms with Crippen molar-refractivity contribution < 1.29 is 14.3 Å². The molecule has 0 amide bonds. The SMILES string of the molecule is COc1ccc(C(=O)n2ccc(-c3ccc(OCc4ccc(Cl)cc4Cl)cc3)n2)cc1. The topological polar surface area (TPSA) is 53.4 Å². The minimum Gasteiger partial charge on any atom is -0.497 e. The van der Waals surface area contributed by atoms with Crippen LogP contribution in [0.15, 0.2) is 79.0 Å². The van der Waals surface area contributed by atoms with Gasteiger partial charge in [-0.05, 0) is 66.7 Å². The number of aromatic nitrogens is 2. The molecule has 0 N–H and O–H groups in total. The molecule has 156 valence electrons. The molecule has 0 fully saturated rings. The number of benzene rings is 3. The van der Waals surface area contributed by atoms with E-state index in [1.807, 2.05) is 30.3 Å². The molecule has 31 heavy (non-hydrogen) atoms. The lowest BCUT2D eigenvalue weighted by molar-refractivity contribution is 0.0945. The largest absolute Gasteiger partial charge is 0.497 e. The Morgan fingerprint density at radius 1 is 0.935 bits per heavy atom. The van der Waals surface area contributed by atoms with Gasteiger partial charge in [-0.2, -0.15) is 5.10 Å². The van der Waals surface area contributed by atoms with E-state index in [1.54, 1.807) is 55.8 Å². The Morgan fingerprint density at radius 2 is 1.65 bits per heavy atom. The van der Waals surface area contributed by atoms with Gasteiger partial charge in [0.25, 0.3) is 5.91 Å². The molecule has 0 unspecified atom stereocenters. The van der Waals surface area contributed by atoms with Crippen molar-refractivity contribution in [3.05, 3.63) is 100 Å². The van der Waals surface area contributed by atoms with Crippen molar-refractivity contribution in [3.8, 4) is 22.8 Å². The number of hydrogen-bond acceptors (Lipinski definition) is 4. The highest BCUT2D eigenvalue weighted by atomic mass is 35.5. The first-order valence-corrected chi connectivity index (χ1v) is 10.2. The Hall–Kier alpha value is -3.28. The lowest BCUT2D eigenvalue weighted by atomic mass is 10.1. The summed E-state index contributed by atoms with van der Waals surface area (Å²) < 4.78 is 12.3. The van der Waals surface area contributed by atoms with Crippen molar-refractivity contribution in [1.29, 1.82) is 0 Å². The lowest BCUT2D eigenvalue weighted by Gasteiger charge is -2.08. The van der Waals surface area contributed by atoms with E-state index in [-0.39, 0.29) is 5.91 Å². The van der Waals surface area contributed by atoms with Crippen LogP contribution in [0.25, 0.3) is 11.3 Å². The third kappa shape index (κ3) is 4.90. The van der Waals surface area contributed by atoms with Gasteiger partial charge in [0.2, 0.25) is 0 Å². The van der Waals surface area contributed by atoms with E-state index in [0.29, 0.717) is 39.4 Å². The van der Waals surface area contributed by atoms with Crippen LogP contribution < -0.4 is 9.47 Å². The zero-order valence-corrected chi connectivity index (χ0v) is 18.1. The van der Waals surface area contributed by atoms with Crippen molar-refractivity contribution in [2.45, 2.75) is 6.61 Å². The number of halogens is 2. The number of ether oxygens (including phenoxy) is 2. The number of hydrogen-bond donors (Lipinski definition) is 0. The lowest BCUT2D eigenvalue weighted by Crippen LogP contribution is -2.12. The quantitative estimate of drug-likeness (QED) is 0.352. The smallest absolute Gasteiger partial charge is 0.278 e. The molecule has 3 aromatic carbocycles. The third-order valence-electron chi connectivity index (χ3n) is 4.69. The van der Waals surface area contributed by atoms with E-state index in [4.69, 9.17) is 32.7 Å². The molecule has 0 bridgehead atoms. The van der Waals surface area contributed by atoms with Crippen molar-refractivity contribution in [3.63, 3.8) is 0 Å². The third-order valence-corrected chi connectivity index (χ3v) is 5.28. The van der Waals surface area contributed by atoms with Crippen molar-refractivity contribution in [2.24, 2.45) is 0 Å². The van der Waals surface area contributed by atoms with E-state index >= 15 is 0 Å². The summed E-state index contributed by atoms with van der Waals surface area (Å²) in [5.74, 6) is 1.18. The molecule has 0 aliphatic rings. The molecule has 4 aromatic rings. The van der Waals surface area contributed by atoms with Gasteiger partial charge in [-0.15, -0.1) is 0 Å². The van der Waals surface area contributed by atoms with Gasteiger partial charge in [-0.25, -0.2) is 4.68 Å². The molecule has 0 atom stereocenters. The maximum Gasteiger partial charge on any atom is 0.278 e. The van der Waals surface area contributed by atoms with Gasteiger partial charge in [-0.3, -0.25) is 4.79 Å². The van der Waals surface area contributed by atoms with Crippen molar-refractivity contribution in [2.75, 3.05) is 7.11 Å². The van der Waals surface area contributed by atoms with E-state index in [2.05, 4.69) is 5.10 Å². The predicted molar refractivity (Wildman–Crippen MR) is 121 cm³/mol. The fraction of sp³-hybridized carbons (Fsp3) is 0.0833. The minimum atomic E-state index is -0.214. The van der Waals surface area contributed by atoms with Crippen LogP contribution in [0, 0.1) is 0 Å². The summed E-state index contributed by atoms with van der Waals surface area (Å²) in [7, 11) is 1.58. The number of carbonyl (C=O) groups is 1. The Kier molecular flexibility index (Phi) is 6.26. The zero-order chi connectivity index (χ0) is 21.8. The van der Waals surface area contributed by atoms with Crippen LogP contribution in [-0.2, 0) is 6.61 Å². The first kappa shape index (κ1) is 21.0. The average molecular weight is 453 g/mol. The monoisotopic (exact) mass is 452 g/mol. The average Bonchev–Trinajstić information content (AvgIpc) is 3.29. The molecule has 0 saturated carbocycles. The van der Waals surface area contributed by atoms with Gasteiger partial charge in [-0.1, -0.05) is 29.3 Å². The molecule has 5 nitrogen and oxygen atoms in total. The van der Waals surface area contributed by atoms with Crippen LogP contribution in [0.3, 0.4) is 0 Å². The fourth-order valence-electron chi connectivity index (χ4n) is 2.98. The summed E-state index contributed by atoms with van der Waals surface area (Å²) in [5, 5.41) is 5.56. The molecule has 1 aromatic heterocycles. The zero-order valence-electron chi connectivity index (χ0n) is 16.6. The molecule has 0 spiro atoms. The summed E-state index contributed by atoms with van der Waals surface area (Å²) in [6.45, 7) is 0.334. The summed E-state index contributed by atoms with van der Waals surface area (Å²) in [6, 6.07) is 21.5. The number of methoxy groups -OCH3 is 1. The Bertz CT molecular complexity index is 1200. The number of nitrogens with zero attached hydrogens (tertiary/aromatic N) is 2. The molecular formula is C24H18Cl2N2O3. The van der Waals surface area contributed by atoms with Crippen molar-refractivity contribution in [1.82, 2.24) is 9.78 Å². The van der Waals surface area contributed by atoms with Gasteiger partial charge < -0.3 is 9.47 Å².